The molecule has 0 saturated heterocycles. The Morgan fingerprint density at radius 2 is 0.649 bits per heavy atom. The van der Waals surface area contributed by atoms with Gasteiger partial charge in [-0.15, -0.1) is 0 Å². The van der Waals surface area contributed by atoms with E-state index in [1.54, 1.807) is 0 Å². The molecular formula is C72H46N2. The lowest BCUT2D eigenvalue weighted by molar-refractivity contribution is 1.17. The van der Waals surface area contributed by atoms with Crippen molar-refractivity contribution in [1.82, 2.24) is 4.57 Å². The molecule has 0 fully saturated rings. The molecule has 2 heteroatoms. The van der Waals surface area contributed by atoms with E-state index in [1.807, 2.05) is 0 Å². The number of rotatable bonds is 6. The fourth-order valence-electron chi connectivity index (χ4n) is 12.1. The van der Waals surface area contributed by atoms with Crippen LogP contribution in [0, 0.1) is 0 Å². The molecule has 0 amide bonds. The number of benzene rings is 13. The second kappa shape index (κ2) is 16.9. The van der Waals surface area contributed by atoms with E-state index in [4.69, 9.17) is 0 Å². The summed E-state index contributed by atoms with van der Waals surface area (Å²) >= 11 is 0. The molecule has 344 valence electrons. The van der Waals surface area contributed by atoms with Gasteiger partial charge >= 0.3 is 0 Å². The van der Waals surface area contributed by atoms with Crippen molar-refractivity contribution >= 4 is 71.2 Å². The predicted molar refractivity (Wildman–Crippen MR) is 314 cm³/mol. The standard InChI is InChI=1S/C72H46N2/c1-4-18-47(19-5-1)52-42-53(48-20-6-2-7-21-48)44-54(43-52)51-35-41-70-68(46-51)66-40-39-65-61-28-14-13-27-60(61)64-30-16-17-31-69(64)73(55-22-8-3-9-23-55)71(65)72(66)74(70)56-36-32-49(33-37-56)50-34-38-63-59-26-11-10-24-57(59)58-25-12-15-29-62(58)67(63)45-50/h1-46H. The van der Waals surface area contributed by atoms with Gasteiger partial charge in [-0.25, -0.2) is 0 Å². The molecule has 0 saturated carbocycles. The summed E-state index contributed by atoms with van der Waals surface area (Å²) in [4.78, 5) is 2.51. The lowest BCUT2D eigenvalue weighted by atomic mass is 9.92. The average Bonchev–Trinajstić information content (AvgIpc) is 3.80. The zero-order valence-electron chi connectivity index (χ0n) is 40.5. The molecule has 14 aromatic rings. The minimum atomic E-state index is 1.10. The number of fused-ring (bicyclic) bond motifs is 15. The number of anilines is 3. The van der Waals surface area contributed by atoms with E-state index in [0.717, 1.165) is 33.8 Å². The van der Waals surface area contributed by atoms with E-state index >= 15 is 0 Å². The SMILES string of the molecule is c1ccc(-c2cc(-c3ccccc3)cc(-c3ccc4c(c3)c3ccc5c(c3n4-c3ccc(-c4ccc6c7ccccc7c7ccccc7c6c4)cc3)N(c3ccccc3)c3ccccc3-c3ccccc3-5)c2)cc1. The van der Waals surface area contributed by atoms with Crippen LogP contribution in [0.3, 0.4) is 0 Å². The van der Waals surface area contributed by atoms with Crippen LogP contribution in [0.2, 0.25) is 0 Å². The molecule has 15 rings (SSSR count). The van der Waals surface area contributed by atoms with Gasteiger partial charge in [-0.05, 0) is 155 Å². The van der Waals surface area contributed by atoms with E-state index in [2.05, 4.69) is 289 Å². The van der Waals surface area contributed by atoms with Crippen molar-refractivity contribution in [3.8, 4) is 72.4 Å². The molecule has 0 N–H and O–H groups in total. The Balaban J connectivity index is 0.987. The van der Waals surface area contributed by atoms with E-state index in [-0.39, 0.29) is 0 Å². The summed E-state index contributed by atoms with van der Waals surface area (Å²) in [6.07, 6.45) is 0. The van der Waals surface area contributed by atoms with E-state index < -0.39 is 0 Å². The van der Waals surface area contributed by atoms with Crippen LogP contribution in [-0.2, 0) is 0 Å². The summed E-state index contributed by atoms with van der Waals surface area (Å²) in [5, 5.41) is 10.1. The van der Waals surface area contributed by atoms with Gasteiger partial charge in [0.1, 0.15) is 0 Å². The van der Waals surface area contributed by atoms with Gasteiger partial charge in [-0.3, -0.25) is 0 Å². The van der Waals surface area contributed by atoms with Crippen LogP contribution in [-0.4, -0.2) is 4.57 Å². The van der Waals surface area contributed by atoms with Crippen molar-refractivity contribution < 1.29 is 0 Å². The summed E-state index contributed by atoms with van der Waals surface area (Å²) in [7, 11) is 0. The van der Waals surface area contributed by atoms with Crippen molar-refractivity contribution in [2.45, 2.75) is 0 Å². The lowest BCUT2D eigenvalue weighted by Gasteiger charge is -2.28. The zero-order valence-corrected chi connectivity index (χ0v) is 40.5. The number of hydrogen-bond donors (Lipinski definition) is 0. The van der Waals surface area contributed by atoms with Gasteiger partial charge < -0.3 is 9.47 Å². The largest absolute Gasteiger partial charge is 0.307 e. The average molecular weight is 939 g/mol. The Morgan fingerprint density at radius 1 is 0.216 bits per heavy atom. The Hall–Kier alpha value is -9.76. The van der Waals surface area contributed by atoms with Gasteiger partial charge in [-0.2, -0.15) is 0 Å². The van der Waals surface area contributed by atoms with Gasteiger partial charge in [0.15, 0.2) is 0 Å². The van der Waals surface area contributed by atoms with Crippen molar-refractivity contribution in [1.29, 1.82) is 0 Å². The van der Waals surface area contributed by atoms with Crippen LogP contribution >= 0.6 is 0 Å². The second-order valence-corrected chi connectivity index (χ2v) is 19.6. The highest BCUT2D eigenvalue weighted by atomic mass is 15.2. The van der Waals surface area contributed by atoms with Gasteiger partial charge in [0.2, 0.25) is 0 Å². The highest BCUT2D eigenvalue weighted by Gasteiger charge is 2.30. The molecule has 1 aliphatic rings. The van der Waals surface area contributed by atoms with Crippen LogP contribution in [0.15, 0.2) is 279 Å². The molecule has 13 aromatic carbocycles. The Morgan fingerprint density at radius 3 is 1.28 bits per heavy atom. The predicted octanol–water partition coefficient (Wildman–Crippen LogP) is 20.0. The van der Waals surface area contributed by atoms with Crippen molar-refractivity contribution in [3.63, 3.8) is 0 Å². The highest BCUT2D eigenvalue weighted by Crippen LogP contribution is 2.55. The summed E-state index contributed by atoms with van der Waals surface area (Å²) in [5.74, 6) is 0. The van der Waals surface area contributed by atoms with Crippen LogP contribution in [0.5, 0.6) is 0 Å². The molecular weight excluding hydrogens is 893 g/mol. The van der Waals surface area contributed by atoms with Crippen molar-refractivity contribution in [3.05, 3.63) is 279 Å². The van der Waals surface area contributed by atoms with Crippen molar-refractivity contribution in [2.24, 2.45) is 0 Å². The molecule has 0 spiro atoms. The first-order chi connectivity index (χ1) is 36.7. The van der Waals surface area contributed by atoms with Crippen LogP contribution in [0.25, 0.3) is 127 Å². The molecule has 2 heterocycles. The summed E-state index contributed by atoms with van der Waals surface area (Å²) in [6, 6.07) is 103. The highest BCUT2D eigenvalue weighted by molar-refractivity contribution is 6.26. The minimum absolute atomic E-state index is 1.10. The Kier molecular flexibility index (Phi) is 9.61. The number of hydrogen-bond acceptors (Lipinski definition) is 1. The topological polar surface area (TPSA) is 8.17 Å². The lowest BCUT2D eigenvalue weighted by Crippen LogP contribution is -2.12. The van der Waals surface area contributed by atoms with E-state index in [0.29, 0.717) is 0 Å². The molecule has 0 radical (unpaired) electrons. The van der Waals surface area contributed by atoms with Crippen LogP contribution in [0.4, 0.5) is 17.1 Å². The Labute approximate surface area is 429 Å². The molecule has 0 atom stereocenters. The summed E-state index contributed by atoms with van der Waals surface area (Å²) in [5.41, 5.74) is 21.1. The van der Waals surface area contributed by atoms with Crippen LogP contribution < -0.4 is 4.90 Å². The first-order valence-electron chi connectivity index (χ1n) is 25.6. The Bertz CT molecular complexity index is 4420. The molecule has 1 aliphatic heterocycles. The summed E-state index contributed by atoms with van der Waals surface area (Å²) < 4.78 is 2.53. The number of nitrogens with zero attached hydrogens (tertiary/aromatic N) is 2. The molecule has 0 unspecified atom stereocenters. The fraction of sp³-hybridized carbons (Fsp3) is 0. The first kappa shape index (κ1) is 42.0. The second-order valence-electron chi connectivity index (χ2n) is 19.6. The first-order valence-corrected chi connectivity index (χ1v) is 25.6. The van der Waals surface area contributed by atoms with Gasteiger partial charge in [0.05, 0.1) is 22.4 Å². The third-order valence-electron chi connectivity index (χ3n) is 15.5. The molecule has 2 nitrogen and oxygen atoms in total. The third kappa shape index (κ3) is 6.66. The van der Waals surface area contributed by atoms with E-state index in [9.17, 15) is 0 Å². The maximum absolute atomic E-state index is 2.53. The molecule has 1 aromatic heterocycles. The number of aromatic nitrogens is 1. The van der Waals surface area contributed by atoms with Gasteiger partial charge in [0.25, 0.3) is 0 Å². The smallest absolute Gasteiger partial charge is 0.0788 e. The van der Waals surface area contributed by atoms with Crippen LogP contribution in [0.1, 0.15) is 0 Å². The van der Waals surface area contributed by atoms with Gasteiger partial charge in [-0.1, -0.05) is 212 Å². The third-order valence-corrected chi connectivity index (χ3v) is 15.5. The van der Waals surface area contributed by atoms with E-state index in [1.165, 1.54) is 110 Å². The molecule has 0 bridgehead atoms. The van der Waals surface area contributed by atoms with Crippen molar-refractivity contribution in [2.75, 3.05) is 4.90 Å². The quantitative estimate of drug-likeness (QED) is 0.151. The minimum Gasteiger partial charge on any atom is -0.307 e. The monoisotopic (exact) mass is 938 g/mol. The maximum atomic E-state index is 2.53. The normalized spacial score (nSPS) is 12.0. The molecule has 74 heavy (non-hydrogen) atoms. The zero-order chi connectivity index (χ0) is 48.7. The summed E-state index contributed by atoms with van der Waals surface area (Å²) in [6.45, 7) is 0. The molecule has 0 aliphatic carbocycles. The number of para-hydroxylation sites is 2. The van der Waals surface area contributed by atoms with Gasteiger partial charge in [0, 0.05) is 33.3 Å². The maximum Gasteiger partial charge on any atom is 0.0788 e. The fourth-order valence-corrected chi connectivity index (χ4v) is 12.1.